The number of likely N-dealkylation sites (tertiary alicyclic amines) is 1. The third-order valence-electron chi connectivity index (χ3n) is 5.84. The third-order valence-corrected chi connectivity index (χ3v) is 8.19. The van der Waals surface area contributed by atoms with Crippen LogP contribution in [0.2, 0.25) is 0 Å². The van der Waals surface area contributed by atoms with Crippen LogP contribution in [0.3, 0.4) is 0 Å². The summed E-state index contributed by atoms with van der Waals surface area (Å²) < 4.78 is 1.20. The van der Waals surface area contributed by atoms with Gasteiger partial charge in [0.05, 0.1) is 28.4 Å². The van der Waals surface area contributed by atoms with Crippen molar-refractivity contribution in [2.45, 2.75) is 44.6 Å². The number of fused-ring (bicyclic) bond motifs is 2. The molecule has 3 aromatic rings. The van der Waals surface area contributed by atoms with Gasteiger partial charge in [-0.3, -0.25) is 9.69 Å². The van der Waals surface area contributed by atoms with Crippen molar-refractivity contribution < 1.29 is 4.79 Å². The second kappa shape index (κ2) is 7.86. The van der Waals surface area contributed by atoms with Gasteiger partial charge in [0.2, 0.25) is 5.91 Å². The fraction of sp³-hybridized carbons (Fsp3) is 0.409. The van der Waals surface area contributed by atoms with E-state index in [4.69, 9.17) is 4.98 Å². The summed E-state index contributed by atoms with van der Waals surface area (Å²) in [6.07, 6.45) is 6.39. The quantitative estimate of drug-likeness (QED) is 0.650. The van der Waals surface area contributed by atoms with E-state index in [1.54, 1.807) is 22.7 Å². The third kappa shape index (κ3) is 3.57. The fourth-order valence-corrected chi connectivity index (χ4v) is 6.85. The monoisotopic (exact) mass is 422 g/mol. The van der Waals surface area contributed by atoms with Gasteiger partial charge < -0.3 is 5.32 Å². The Kier molecular flexibility index (Phi) is 5.08. The molecule has 1 aromatic carbocycles. The minimum Gasteiger partial charge on any atom is -0.315 e. The number of rotatable bonds is 4. The highest BCUT2D eigenvalue weighted by Crippen LogP contribution is 2.39. The van der Waals surface area contributed by atoms with Crippen molar-refractivity contribution in [1.82, 2.24) is 9.88 Å². The van der Waals surface area contributed by atoms with E-state index in [0.717, 1.165) is 66.2 Å². The number of thiophene rings is 1. The predicted octanol–water partition coefficient (Wildman–Crippen LogP) is 4.88. The Labute approximate surface area is 178 Å². The van der Waals surface area contributed by atoms with E-state index in [2.05, 4.69) is 28.4 Å². The molecule has 1 atom stereocenters. The van der Waals surface area contributed by atoms with Crippen LogP contribution in [0, 0.1) is 11.3 Å². The number of piperidine rings is 1. The van der Waals surface area contributed by atoms with E-state index < -0.39 is 0 Å². The lowest BCUT2D eigenvalue weighted by Crippen LogP contribution is -2.39. The molecule has 1 fully saturated rings. The number of para-hydroxylation sites is 1. The normalized spacial score (nSPS) is 19.2. The smallest absolute Gasteiger partial charge is 0.239 e. The number of nitrogens with zero attached hydrogens (tertiary/aromatic N) is 3. The standard InChI is InChI=1S/C22H22N4OS2/c23-12-15-14-6-5-10-18(14)28-21(15)25-20(27)13-26-11-4-3-8-17(26)22-24-16-7-1-2-9-19(16)29-22/h1-2,7,9,17H,3-6,8,10-11,13H2,(H,25,27)/t17-/m0/s1. The van der Waals surface area contributed by atoms with Crippen LogP contribution >= 0.6 is 22.7 Å². The van der Waals surface area contributed by atoms with Crippen molar-refractivity contribution in [3.63, 3.8) is 0 Å². The summed E-state index contributed by atoms with van der Waals surface area (Å²) >= 11 is 3.32. The molecule has 7 heteroatoms. The van der Waals surface area contributed by atoms with Crippen molar-refractivity contribution in [3.8, 4) is 6.07 Å². The molecule has 3 heterocycles. The number of nitrogens with one attached hydrogen (secondary N) is 1. The van der Waals surface area contributed by atoms with Gasteiger partial charge in [-0.25, -0.2) is 4.98 Å². The van der Waals surface area contributed by atoms with E-state index in [1.165, 1.54) is 9.58 Å². The maximum atomic E-state index is 12.9. The molecule has 29 heavy (non-hydrogen) atoms. The van der Waals surface area contributed by atoms with E-state index in [9.17, 15) is 10.1 Å². The first-order chi connectivity index (χ1) is 14.2. The Balaban J connectivity index is 1.33. The summed E-state index contributed by atoms with van der Waals surface area (Å²) in [7, 11) is 0. The molecule has 0 radical (unpaired) electrons. The molecule has 1 amide bonds. The number of carbonyl (C=O) groups is 1. The molecule has 1 saturated heterocycles. The Morgan fingerprint density at radius 1 is 1.24 bits per heavy atom. The Morgan fingerprint density at radius 3 is 3.00 bits per heavy atom. The van der Waals surface area contributed by atoms with Crippen LogP contribution < -0.4 is 5.32 Å². The van der Waals surface area contributed by atoms with Gasteiger partial charge in [0.25, 0.3) is 0 Å². The number of hydrogen-bond donors (Lipinski definition) is 1. The van der Waals surface area contributed by atoms with Gasteiger partial charge in [0.15, 0.2) is 0 Å². The van der Waals surface area contributed by atoms with Crippen LogP contribution in [0.15, 0.2) is 24.3 Å². The van der Waals surface area contributed by atoms with Crippen LogP contribution in [-0.2, 0) is 17.6 Å². The highest BCUT2D eigenvalue weighted by Gasteiger charge is 2.29. The number of hydrogen-bond acceptors (Lipinski definition) is 6. The highest BCUT2D eigenvalue weighted by molar-refractivity contribution is 7.18. The topological polar surface area (TPSA) is 69.0 Å². The van der Waals surface area contributed by atoms with Gasteiger partial charge in [0.1, 0.15) is 16.1 Å². The number of nitriles is 1. The van der Waals surface area contributed by atoms with Crippen LogP contribution in [0.4, 0.5) is 5.00 Å². The molecular weight excluding hydrogens is 400 g/mol. The number of aryl methyl sites for hydroxylation is 1. The van der Waals surface area contributed by atoms with Gasteiger partial charge in [-0.05, 0) is 56.3 Å². The van der Waals surface area contributed by atoms with Crippen LogP contribution in [0.5, 0.6) is 0 Å². The molecule has 1 aliphatic heterocycles. The average Bonchev–Trinajstić information content (AvgIpc) is 3.42. The number of benzene rings is 1. The largest absolute Gasteiger partial charge is 0.315 e. The number of aromatic nitrogens is 1. The first-order valence-electron chi connectivity index (χ1n) is 10.2. The van der Waals surface area contributed by atoms with Crippen molar-refractivity contribution in [2.75, 3.05) is 18.4 Å². The number of thiazole rings is 1. The number of amides is 1. The van der Waals surface area contributed by atoms with Gasteiger partial charge in [-0.1, -0.05) is 18.6 Å². The van der Waals surface area contributed by atoms with Crippen LogP contribution in [0.25, 0.3) is 10.2 Å². The average molecular weight is 423 g/mol. The van der Waals surface area contributed by atoms with E-state index in [1.807, 2.05) is 12.1 Å². The maximum absolute atomic E-state index is 12.9. The van der Waals surface area contributed by atoms with Crippen molar-refractivity contribution in [3.05, 3.63) is 45.3 Å². The highest BCUT2D eigenvalue weighted by atomic mass is 32.1. The summed E-state index contributed by atoms with van der Waals surface area (Å²) in [4.78, 5) is 21.2. The molecule has 5 nitrogen and oxygen atoms in total. The zero-order valence-corrected chi connectivity index (χ0v) is 17.7. The van der Waals surface area contributed by atoms with Gasteiger partial charge >= 0.3 is 0 Å². The summed E-state index contributed by atoms with van der Waals surface area (Å²) in [6, 6.07) is 10.7. The summed E-state index contributed by atoms with van der Waals surface area (Å²) in [5, 5.41) is 14.4. The minimum absolute atomic E-state index is 0.0329. The van der Waals surface area contributed by atoms with Crippen molar-refractivity contribution >= 4 is 43.8 Å². The minimum atomic E-state index is -0.0329. The Hall–Kier alpha value is -2.27. The molecule has 2 aliphatic rings. The molecule has 0 bridgehead atoms. The van der Waals surface area contributed by atoms with Crippen LogP contribution in [-0.4, -0.2) is 28.9 Å². The Morgan fingerprint density at radius 2 is 2.14 bits per heavy atom. The number of anilines is 1. The Bertz CT molecular complexity index is 1080. The second-order valence-corrected chi connectivity index (χ2v) is 9.89. The van der Waals surface area contributed by atoms with E-state index >= 15 is 0 Å². The summed E-state index contributed by atoms with van der Waals surface area (Å²) in [5.41, 5.74) is 2.87. The molecule has 1 N–H and O–H groups in total. The predicted molar refractivity (Wildman–Crippen MR) is 117 cm³/mol. The lowest BCUT2D eigenvalue weighted by atomic mass is 10.0. The molecule has 0 saturated carbocycles. The zero-order chi connectivity index (χ0) is 19.8. The van der Waals surface area contributed by atoms with Gasteiger partial charge in [-0.15, -0.1) is 22.7 Å². The zero-order valence-electron chi connectivity index (χ0n) is 16.1. The van der Waals surface area contributed by atoms with E-state index in [-0.39, 0.29) is 11.9 Å². The first-order valence-corrected chi connectivity index (χ1v) is 11.8. The summed E-state index contributed by atoms with van der Waals surface area (Å²) in [5.74, 6) is -0.0329. The van der Waals surface area contributed by atoms with Crippen LogP contribution in [0.1, 0.15) is 52.7 Å². The SMILES string of the molecule is N#Cc1c(NC(=O)CN2CCCC[C@H]2c2nc3ccccc3s2)sc2c1CCC2. The molecule has 2 aromatic heterocycles. The van der Waals surface area contributed by atoms with Crippen molar-refractivity contribution in [1.29, 1.82) is 5.26 Å². The van der Waals surface area contributed by atoms with Gasteiger partial charge in [0, 0.05) is 4.88 Å². The maximum Gasteiger partial charge on any atom is 0.239 e. The lowest BCUT2D eigenvalue weighted by Gasteiger charge is -2.33. The molecule has 0 unspecified atom stereocenters. The molecule has 148 valence electrons. The lowest BCUT2D eigenvalue weighted by molar-refractivity contribution is -0.118. The summed E-state index contributed by atoms with van der Waals surface area (Å²) in [6.45, 7) is 1.24. The molecular formula is C22H22N4OS2. The molecule has 1 aliphatic carbocycles. The van der Waals surface area contributed by atoms with E-state index in [0.29, 0.717) is 12.1 Å². The second-order valence-electron chi connectivity index (χ2n) is 7.72. The van der Waals surface area contributed by atoms with Crippen molar-refractivity contribution in [2.24, 2.45) is 0 Å². The number of carbonyl (C=O) groups excluding carboxylic acids is 1. The first kappa shape index (κ1) is 18.7. The van der Waals surface area contributed by atoms with Gasteiger partial charge in [-0.2, -0.15) is 5.26 Å². The molecule has 5 rings (SSSR count). The molecule has 0 spiro atoms. The fourth-order valence-electron chi connectivity index (χ4n) is 4.45.